The number of hydrogen-bond donors (Lipinski definition) is 1. The minimum absolute atomic E-state index is 0.690. The van der Waals surface area contributed by atoms with Crippen LogP contribution in [0.25, 0.3) is 22.2 Å². The Kier molecular flexibility index (Phi) is 1.65. The Bertz CT molecular complexity index is 607. The topological polar surface area (TPSA) is 41.8 Å². The Morgan fingerprint density at radius 1 is 1.27 bits per heavy atom. The van der Waals surface area contributed by atoms with E-state index in [1.807, 2.05) is 31.3 Å². The Morgan fingerprint density at radius 3 is 2.93 bits per heavy atom. The maximum atomic E-state index is 5.50. The maximum absolute atomic E-state index is 5.50. The molecular weight excluding hydrogens is 188 g/mol. The summed E-state index contributed by atoms with van der Waals surface area (Å²) < 4.78 is 5.50. The molecule has 0 aliphatic rings. The average Bonchev–Trinajstić information content (AvgIpc) is 2.83. The second-order valence-corrected chi connectivity index (χ2v) is 3.49. The van der Waals surface area contributed by atoms with Crippen molar-refractivity contribution < 1.29 is 4.42 Å². The van der Waals surface area contributed by atoms with E-state index >= 15 is 0 Å². The molecule has 0 aliphatic carbocycles. The van der Waals surface area contributed by atoms with Gasteiger partial charge in [-0.3, -0.25) is 0 Å². The van der Waals surface area contributed by atoms with Gasteiger partial charge in [-0.25, -0.2) is 4.98 Å². The summed E-state index contributed by atoms with van der Waals surface area (Å²) in [7, 11) is 0. The van der Waals surface area contributed by atoms with E-state index in [-0.39, 0.29) is 0 Å². The molecule has 0 unspecified atom stereocenters. The van der Waals surface area contributed by atoms with Gasteiger partial charge in [-0.15, -0.1) is 0 Å². The fourth-order valence-corrected chi connectivity index (χ4v) is 1.76. The summed E-state index contributed by atoms with van der Waals surface area (Å²) in [5, 5.41) is 1.16. The van der Waals surface area contributed by atoms with Crippen molar-refractivity contribution in [1.82, 2.24) is 9.97 Å². The van der Waals surface area contributed by atoms with Gasteiger partial charge in [-0.1, -0.05) is 18.2 Å². The van der Waals surface area contributed by atoms with Crippen LogP contribution in [-0.2, 0) is 0 Å². The summed E-state index contributed by atoms with van der Waals surface area (Å²) in [4.78, 5) is 7.31. The first-order valence-corrected chi connectivity index (χ1v) is 4.83. The molecule has 2 aromatic heterocycles. The number of fused-ring (bicyclic) bond motifs is 1. The second-order valence-electron chi connectivity index (χ2n) is 3.49. The third-order valence-corrected chi connectivity index (χ3v) is 2.48. The highest BCUT2D eigenvalue weighted by Crippen LogP contribution is 2.28. The molecule has 0 amide bonds. The van der Waals surface area contributed by atoms with Gasteiger partial charge >= 0.3 is 0 Å². The molecule has 0 saturated heterocycles. The first-order chi connectivity index (χ1) is 7.34. The van der Waals surface area contributed by atoms with Crippen molar-refractivity contribution in [2.75, 3.05) is 0 Å². The zero-order chi connectivity index (χ0) is 10.3. The second kappa shape index (κ2) is 2.98. The minimum atomic E-state index is 0.690. The molecule has 0 radical (unpaired) electrons. The van der Waals surface area contributed by atoms with Crippen LogP contribution in [-0.4, -0.2) is 9.97 Å². The van der Waals surface area contributed by atoms with Gasteiger partial charge in [0.2, 0.25) is 0 Å². The van der Waals surface area contributed by atoms with Crippen molar-refractivity contribution in [3.05, 3.63) is 42.5 Å². The maximum Gasteiger partial charge on any atom is 0.191 e. The molecule has 0 atom stereocenters. The van der Waals surface area contributed by atoms with Crippen molar-refractivity contribution in [1.29, 1.82) is 0 Å². The van der Waals surface area contributed by atoms with E-state index in [1.54, 1.807) is 6.20 Å². The minimum Gasteiger partial charge on any atom is -0.441 e. The lowest BCUT2D eigenvalue weighted by atomic mass is 10.1. The van der Waals surface area contributed by atoms with Crippen LogP contribution < -0.4 is 0 Å². The highest BCUT2D eigenvalue weighted by Gasteiger charge is 2.08. The Morgan fingerprint density at radius 2 is 2.13 bits per heavy atom. The normalized spacial score (nSPS) is 11.0. The van der Waals surface area contributed by atoms with E-state index < -0.39 is 0 Å². The van der Waals surface area contributed by atoms with Gasteiger partial charge in [0.1, 0.15) is 0 Å². The standard InChI is InChI=1S/C12H10N2O/c1-8-13-7-12(15-8)10-6-14-11-5-3-2-4-9(10)11/h2-7,14H,1H3. The number of oxazole rings is 1. The molecule has 3 aromatic rings. The molecule has 0 fully saturated rings. The number of H-pyrrole nitrogens is 1. The molecule has 74 valence electrons. The Labute approximate surface area is 86.8 Å². The molecule has 0 spiro atoms. The van der Waals surface area contributed by atoms with Crippen LogP contribution in [0, 0.1) is 6.92 Å². The third kappa shape index (κ3) is 1.24. The van der Waals surface area contributed by atoms with Crippen LogP contribution in [0.4, 0.5) is 0 Å². The lowest BCUT2D eigenvalue weighted by molar-refractivity contribution is 0.535. The van der Waals surface area contributed by atoms with Crippen LogP contribution in [0.1, 0.15) is 5.89 Å². The number of aromatic amines is 1. The van der Waals surface area contributed by atoms with E-state index in [0.29, 0.717) is 5.89 Å². The zero-order valence-electron chi connectivity index (χ0n) is 8.32. The fraction of sp³-hybridized carbons (Fsp3) is 0.0833. The molecule has 2 heterocycles. The van der Waals surface area contributed by atoms with Gasteiger partial charge in [-0.05, 0) is 6.07 Å². The van der Waals surface area contributed by atoms with Crippen LogP contribution in [0.5, 0.6) is 0 Å². The molecule has 0 aliphatic heterocycles. The fourth-order valence-electron chi connectivity index (χ4n) is 1.76. The lowest BCUT2D eigenvalue weighted by Gasteiger charge is -1.92. The summed E-state index contributed by atoms with van der Waals surface area (Å²) in [6.45, 7) is 1.85. The summed E-state index contributed by atoms with van der Waals surface area (Å²) in [6.07, 6.45) is 3.70. The highest BCUT2D eigenvalue weighted by atomic mass is 16.4. The van der Waals surface area contributed by atoms with Crippen molar-refractivity contribution in [2.45, 2.75) is 6.92 Å². The monoisotopic (exact) mass is 198 g/mol. The van der Waals surface area contributed by atoms with Crippen LogP contribution in [0.15, 0.2) is 41.1 Å². The van der Waals surface area contributed by atoms with Crippen molar-refractivity contribution in [3.8, 4) is 11.3 Å². The predicted molar refractivity (Wildman–Crippen MR) is 58.5 cm³/mol. The number of para-hydroxylation sites is 1. The number of nitrogens with zero attached hydrogens (tertiary/aromatic N) is 1. The van der Waals surface area contributed by atoms with Crippen LogP contribution >= 0.6 is 0 Å². The Hall–Kier alpha value is -2.03. The molecule has 3 heteroatoms. The molecule has 0 bridgehead atoms. The van der Waals surface area contributed by atoms with Crippen molar-refractivity contribution in [2.24, 2.45) is 0 Å². The summed E-state index contributed by atoms with van der Waals surface area (Å²) in [5.41, 5.74) is 2.17. The summed E-state index contributed by atoms with van der Waals surface area (Å²) >= 11 is 0. The number of nitrogens with one attached hydrogen (secondary N) is 1. The first-order valence-electron chi connectivity index (χ1n) is 4.83. The van der Waals surface area contributed by atoms with Gasteiger partial charge in [-0.2, -0.15) is 0 Å². The Balaban J connectivity index is 2.27. The van der Waals surface area contributed by atoms with Gasteiger partial charge < -0.3 is 9.40 Å². The third-order valence-electron chi connectivity index (χ3n) is 2.48. The number of hydrogen-bond acceptors (Lipinski definition) is 2. The predicted octanol–water partition coefficient (Wildman–Crippen LogP) is 3.13. The lowest BCUT2D eigenvalue weighted by Crippen LogP contribution is -1.69. The molecule has 1 aromatic carbocycles. The van der Waals surface area contributed by atoms with E-state index in [9.17, 15) is 0 Å². The van der Waals surface area contributed by atoms with E-state index in [4.69, 9.17) is 4.42 Å². The summed E-state index contributed by atoms with van der Waals surface area (Å²) in [6, 6.07) is 8.14. The van der Waals surface area contributed by atoms with Gasteiger partial charge in [0, 0.05) is 29.6 Å². The number of benzene rings is 1. The van der Waals surface area contributed by atoms with Crippen LogP contribution in [0.3, 0.4) is 0 Å². The van der Waals surface area contributed by atoms with Gasteiger partial charge in [0.25, 0.3) is 0 Å². The number of aryl methyl sites for hydroxylation is 1. The average molecular weight is 198 g/mol. The largest absolute Gasteiger partial charge is 0.441 e. The van der Waals surface area contributed by atoms with E-state index in [2.05, 4.69) is 16.0 Å². The number of aromatic nitrogens is 2. The van der Waals surface area contributed by atoms with Crippen molar-refractivity contribution >= 4 is 10.9 Å². The van der Waals surface area contributed by atoms with Gasteiger partial charge in [0.15, 0.2) is 11.7 Å². The number of rotatable bonds is 1. The molecule has 3 nitrogen and oxygen atoms in total. The molecule has 15 heavy (non-hydrogen) atoms. The quantitative estimate of drug-likeness (QED) is 0.652. The van der Waals surface area contributed by atoms with E-state index in [1.165, 1.54) is 0 Å². The molecule has 0 saturated carbocycles. The smallest absolute Gasteiger partial charge is 0.191 e. The zero-order valence-corrected chi connectivity index (χ0v) is 8.32. The molecule has 3 rings (SSSR count). The molecule has 1 N–H and O–H groups in total. The van der Waals surface area contributed by atoms with E-state index in [0.717, 1.165) is 22.2 Å². The van der Waals surface area contributed by atoms with Crippen LogP contribution in [0.2, 0.25) is 0 Å². The SMILES string of the molecule is Cc1ncc(-c2c[nH]c3ccccc23)o1. The molecular formula is C12H10N2O. The first kappa shape index (κ1) is 8.29. The van der Waals surface area contributed by atoms with Gasteiger partial charge in [0.05, 0.1) is 6.20 Å². The van der Waals surface area contributed by atoms with Crippen molar-refractivity contribution in [3.63, 3.8) is 0 Å². The summed E-state index contributed by atoms with van der Waals surface area (Å²) in [5.74, 6) is 1.50. The highest BCUT2D eigenvalue weighted by molar-refractivity contribution is 5.93.